The van der Waals surface area contributed by atoms with Crippen LogP contribution < -0.4 is 9.47 Å². The Morgan fingerprint density at radius 2 is 1.97 bits per heavy atom. The number of carbonyl (C=O) groups excluding carboxylic acids is 2. The van der Waals surface area contributed by atoms with Gasteiger partial charge in [-0.3, -0.25) is 4.79 Å². The lowest BCUT2D eigenvalue weighted by molar-refractivity contribution is -0.140. The lowest BCUT2D eigenvalue weighted by Crippen LogP contribution is -2.33. The summed E-state index contributed by atoms with van der Waals surface area (Å²) in [5.74, 6) is 1.76. The van der Waals surface area contributed by atoms with Gasteiger partial charge in [-0.15, -0.1) is 0 Å². The molecule has 0 amide bonds. The zero-order valence-electron chi connectivity index (χ0n) is 21.0. The molecule has 0 radical (unpaired) electrons. The number of rotatable bonds is 9. The maximum Gasteiger partial charge on any atom is 0.341 e. The molecule has 2 aliphatic carbocycles. The fourth-order valence-electron chi connectivity index (χ4n) is 5.07. The van der Waals surface area contributed by atoms with Crippen molar-refractivity contribution in [1.82, 2.24) is 0 Å². The van der Waals surface area contributed by atoms with Gasteiger partial charge in [0.2, 0.25) is 0 Å². The summed E-state index contributed by atoms with van der Waals surface area (Å²) in [4.78, 5) is 25.8. The summed E-state index contributed by atoms with van der Waals surface area (Å²) in [5.41, 5.74) is 3.27. The average molecular weight is 547 g/mol. The zero-order valence-corrected chi connectivity index (χ0v) is 22.6. The predicted octanol–water partition coefficient (Wildman–Crippen LogP) is 5.91. The third-order valence-corrected chi connectivity index (χ3v) is 7.51. The van der Waals surface area contributed by atoms with Crippen LogP contribution in [0.25, 0.3) is 5.57 Å². The van der Waals surface area contributed by atoms with E-state index in [9.17, 15) is 9.59 Å². The van der Waals surface area contributed by atoms with Crippen molar-refractivity contribution >= 4 is 33.3 Å². The number of fused-ring (bicyclic) bond motifs is 2. The number of ether oxygens (including phenoxy) is 4. The molecule has 0 bridgehead atoms. The minimum Gasteiger partial charge on any atom is -0.492 e. The highest BCUT2D eigenvalue weighted by atomic mass is 79.9. The van der Waals surface area contributed by atoms with Crippen molar-refractivity contribution in [3.05, 3.63) is 39.4 Å². The number of hydrogen-bond donors (Lipinski definition) is 0. The second-order valence-corrected chi connectivity index (χ2v) is 10.7. The highest BCUT2D eigenvalue weighted by molar-refractivity contribution is 9.10. The first-order valence-corrected chi connectivity index (χ1v) is 13.4. The minimum absolute atomic E-state index is 0.128. The number of hydrogen-bond acceptors (Lipinski definition) is 6. The molecule has 7 heteroatoms. The second kappa shape index (κ2) is 11.3. The molecule has 2 atom stereocenters. The Kier molecular flexibility index (Phi) is 8.38. The van der Waals surface area contributed by atoms with E-state index >= 15 is 0 Å². The lowest BCUT2D eigenvalue weighted by atomic mass is 9.75. The number of halogens is 1. The number of benzene rings is 1. The van der Waals surface area contributed by atoms with Crippen molar-refractivity contribution in [3.63, 3.8) is 0 Å². The second-order valence-electron chi connectivity index (χ2n) is 9.81. The van der Waals surface area contributed by atoms with E-state index in [0.29, 0.717) is 25.6 Å². The molecule has 4 rings (SSSR count). The largest absolute Gasteiger partial charge is 0.492 e. The number of Topliss-reactive ketones (excluding diaryl/α,β-unsaturated/α-hetero) is 1. The van der Waals surface area contributed by atoms with Crippen molar-refractivity contribution in [3.8, 4) is 11.5 Å². The molecular weight excluding hydrogens is 512 g/mol. The van der Waals surface area contributed by atoms with Gasteiger partial charge >= 0.3 is 5.97 Å². The summed E-state index contributed by atoms with van der Waals surface area (Å²) >= 11 is 3.70. The molecule has 2 unspecified atom stereocenters. The first-order chi connectivity index (χ1) is 16.8. The molecular formula is C28H35BrO6. The van der Waals surface area contributed by atoms with E-state index in [-0.39, 0.29) is 35.9 Å². The minimum atomic E-state index is -0.552. The molecule has 0 saturated heterocycles. The molecule has 6 nitrogen and oxygen atoms in total. The van der Waals surface area contributed by atoms with E-state index in [4.69, 9.17) is 18.9 Å². The van der Waals surface area contributed by atoms with Gasteiger partial charge < -0.3 is 18.9 Å². The van der Waals surface area contributed by atoms with Crippen LogP contribution in [-0.2, 0) is 19.1 Å². The smallest absolute Gasteiger partial charge is 0.341 e. The quantitative estimate of drug-likeness (QED) is 0.217. The first-order valence-electron chi connectivity index (χ1n) is 12.6. The van der Waals surface area contributed by atoms with Crippen LogP contribution in [0.15, 0.2) is 33.8 Å². The molecule has 1 aliphatic heterocycles. The van der Waals surface area contributed by atoms with Crippen LogP contribution in [0.5, 0.6) is 11.5 Å². The Morgan fingerprint density at radius 1 is 1.20 bits per heavy atom. The third-order valence-electron chi connectivity index (χ3n) is 6.89. The van der Waals surface area contributed by atoms with Gasteiger partial charge in [-0.25, -0.2) is 4.79 Å². The van der Waals surface area contributed by atoms with Crippen LogP contribution in [0, 0.1) is 17.8 Å². The molecule has 0 N–H and O–H groups in total. The normalized spacial score (nSPS) is 23.5. The monoisotopic (exact) mass is 546 g/mol. The van der Waals surface area contributed by atoms with Crippen LogP contribution >= 0.6 is 15.9 Å². The molecule has 190 valence electrons. The van der Waals surface area contributed by atoms with Gasteiger partial charge in [-0.2, -0.15) is 0 Å². The topological polar surface area (TPSA) is 71.1 Å². The summed E-state index contributed by atoms with van der Waals surface area (Å²) in [5, 5.41) is 0. The van der Waals surface area contributed by atoms with Gasteiger partial charge in [0.15, 0.2) is 5.78 Å². The highest BCUT2D eigenvalue weighted by Crippen LogP contribution is 2.53. The van der Waals surface area contributed by atoms with Crippen LogP contribution in [0.2, 0.25) is 0 Å². The fraction of sp³-hybridized carbons (Fsp3) is 0.571. The summed E-state index contributed by atoms with van der Waals surface area (Å²) in [6.07, 6.45) is 5.66. The Hall–Kier alpha value is -2.12. The van der Waals surface area contributed by atoms with Gasteiger partial charge in [0.1, 0.15) is 23.2 Å². The van der Waals surface area contributed by atoms with Crippen molar-refractivity contribution in [2.45, 2.75) is 59.0 Å². The molecule has 3 aliphatic rings. The molecule has 1 heterocycles. The van der Waals surface area contributed by atoms with Crippen molar-refractivity contribution in [2.75, 3.05) is 26.9 Å². The SMILES string of the molecule is CCOC(=O)/C1=C/C2=C(c3cc(Br)c(OCCCOC)cc3OC2C(C)C)C(C2CC2)CCC1=O. The average Bonchev–Trinajstić information content (AvgIpc) is 3.65. The van der Waals surface area contributed by atoms with E-state index in [1.165, 1.54) is 5.57 Å². The fourth-order valence-corrected chi connectivity index (χ4v) is 5.53. The Morgan fingerprint density at radius 3 is 2.63 bits per heavy atom. The summed E-state index contributed by atoms with van der Waals surface area (Å²) in [6, 6.07) is 4.04. The van der Waals surface area contributed by atoms with Crippen LogP contribution in [0.4, 0.5) is 0 Å². The number of allylic oxidation sites excluding steroid dienone is 1. The Balaban J connectivity index is 1.85. The third kappa shape index (κ3) is 5.67. The molecule has 0 spiro atoms. The van der Waals surface area contributed by atoms with Crippen molar-refractivity contribution in [1.29, 1.82) is 0 Å². The van der Waals surface area contributed by atoms with Gasteiger partial charge in [0.25, 0.3) is 0 Å². The van der Waals surface area contributed by atoms with Crippen LogP contribution in [-0.4, -0.2) is 44.8 Å². The van der Waals surface area contributed by atoms with Gasteiger partial charge in [0.05, 0.1) is 17.7 Å². The molecule has 1 aromatic rings. The summed E-state index contributed by atoms with van der Waals surface area (Å²) in [6.45, 7) is 7.38. The number of esters is 1. The van der Waals surface area contributed by atoms with Gasteiger partial charge in [-0.05, 0) is 83.2 Å². The molecule has 35 heavy (non-hydrogen) atoms. The number of carbonyl (C=O) groups is 2. The van der Waals surface area contributed by atoms with Crippen LogP contribution in [0.3, 0.4) is 0 Å². The first kappa shape index (κ1) is 26.0. The summed E-state index contributed by atoms with van der Waals surface area (Å²) < 4.78 is 23.8. The number of methoxy groups -OCH3 is 1. The maximum atomic E-state index is 13.0. The van der Waals surface area contributed by atoms with E-state index < -0.39 is 5.97 Å². The van der Waals surface area contributed by atoms with Crippen molar-refractivity contribution < 1.29 is 28.5 Å². The zero-order chi connectivity index (χ0) is 25.1. The molecule has 1 fully saturated rings. The Bertz CT molecular complexity index is 1040. The molecule has 0 aromatic heterocycles. The van der Waals surface area contributed by atoms with E-state index in [2.05, 4.69) is 35.8 Å². The van der Waals surface area contributed by atoms with Crippen molar-refractivity contribution in [2.24, 2.45) is 17.8 Å². The lowest BCUT2D eigenvalue weighted by Gasteiger charge is -2.37. The Labute approximate surface area is 216 Å². The number of ketones is 1. The predicted molar refractivity (Wildman–Crippen MR) is 137 cm³/mol. The molecule has 1 aromatic carbocycles. The maximum absolute atomic E-state index is 13.0. The highest BCUT2D eigenvalue weighted by Gasteiger charge is 2.42. The summed E-state index contributed by atoms with van der Waals surface area (Å²) in [7, 11) is 1.68. The van der Waals surface area contributed by atoms with E-state index in [1.807, 2.05) is 6.07 Å². The van der Waals surface area contributed by atoms with Crippen LogP contribution in [0.1, 0.15) is 58.4 Å². The van der Waals surface area contributed by atoms with E-state index in [0.717, 1.165) is 52.8 Å². The van der Waals surface area contributed by atoms with Gasteiger partial charge in [0, 0.05) is 38.2 Å². The standard InChI is InChI=1S/C28H35BrO6/c1-5-33-28(31)19-13-21-26(18(17-7-8-17)9-10-23(19)30)20-14-22(29)25(34-12-6-11-32-4)15-24(20)35-27(21)16(2)3/h13-18,27H,5-12H2,1-4H3/b19-13+. The van der Waals surface area contributed by atoms with E-state index in [1.54, 1.807) is 20.1 Å². The van der Waals surface area contributed by atoms with Gasteiger partial charge in [-0.1, -0.05) is 13.8 Å². The molecule has 1 saturated carbocycles.